The van der Waals surface area contributed by atoms with Crippen LogP contribution in [0.5, 0.6) is 11.8 Å². The molecule has 0 unspecified atom stereocenters. The highest BCUT2D eigenvalue weighted by Gasteiger charge is 2.48. The molecule has 198 valence electrons. The number of ether oxygens (including phenoxy) is 4. The van der Waals surface area contributed by atoms with Crippen molar-refractivity contribution in [3.05, 3.63) is 76.2 Å². The number of rotatable bonds is 8. The van der Waals surface area contributed by atoms with Crippen molar-refractivity contribution in [3.63, 3.8) is 0 Å². The quantitative estimate of drug-likeness (QED) is 0.346. The molecular formula is C26H23ClF2N4O5. The largest absolute Gasteiger partial charge is 0.487 e. The summed E-state index contributed by atoms with van der Waals surface area (Å²) in [4.78, 5) is 16.0. The van der Waals surface area contributed by atoms with Crippen LogP contribution < -0.4 is 9.47 Å². The molecular weight excluding hydrogens is 522 g/mol. The Hall–Kier alpha value is -3.38. The van der Waals surface area contributed by atoms with Crippen LogP contribution in [0.25, 0.3) is 11.2 Å². The number of nitrogens with zero attached hydrogens (tertiary/aromatic N) is 3. The number of aromatic amines is 1. The van der Waals surface area contributed by atoms with Crippen molar-refractivity contribution in [1.82, 2.24) is 19.9 Å². The number of nitrogens with one attached hydrogen (secondary N) is 1. The van der Waals surface area contributed by atoms with Gasteiger partial charge < -0.3 is 29.0 Å². The first-order valence-corrected chi connectivity index (χ1v) is 12.5. The molecule has 6 rings (SSSR count). The SMILES string of the molecule is O[C@@H]1CO[C@H]2[C@@H]1OC[C@H]2Oc1nc2nc(CCc3c(F)cc(OCc4ccccn4)cc3F)c(Cl)cc2[nH]1. The zero-order chi connectivity index (χ0) is 26.2. The maximum Gasteiger partial charge on any atom is 0.296 e. The van der Waals surface area contributed by atoms with Crippen molar-refractivity contribution in [2.75, 3.05) is 13.2 Å². The lowest BCUT2D eigenvalue weighted by atomic mass is 10.1. The molecule has 3 aromatic heterocycles. The van der Waals surface area contributed by atoms with E-state index < -0.39 is 29.9 Å². The fourth-order valence-corrected chi connectivity index (χ4v) is 4.88. The van der Waals surface area contributed by atoms with Gasteiger partial charge in [-0.1, -0.05) is 17.7 Å². The molecule has 38 heavy (non-hydrogen) atoms. The summed E-state index contributed by atoms with van der Waals surface area (Å²) < 4.78 is 52.0. The van der Waals surface area contributed by atoms with Gasteiger partial charge in [0.1, 0.15) is 42.3 Å². The number of aliphatic hydroxyl groups is 1. The van der Waals surface area contributed by atoms with Gasteiger partial charge in [0.2, 0.25) is 0 Å². The molecule has 5 heterocycles. The van der Waals surface area contributed by atoms with Gasteiger partial charge in [-0.25, -0.2) is 13.8 Å². The Bertz CT molecular complexity index is 1430. The Morgan fingerprint density at radius 1 is 1.05 bits per heavy atom. The fraction of sp³-hybridized carbons (Fsp3) is 0.346. The van der Waals surface area contributed by atoms with Crippen LogP contribution in [0.4, 0.5) is 8.78 Å². The smallest absolute Gasteiger partial charge is 0.296 e. The predicted octanol–water partition coefficient (Wildman–Crippen LogP) is 3.55. The Labute approximate surface area is 220 Å². The fourth-order valence-electron chi connectivity index (χ4n) is 4.64. The number of hydrogen-bond acceptors (Lipinski definition) is 8. The van der Waals surface area contributed by atoms with E-state index in [1.165, 1.54) is 0 Å². The van der Waals surface area contributed by atoms with Gasteiger partial charge in [-0.15, -0.1) is 0 Å². The van der Waals surface area contributed by atoms with Crippen molar-refractivity contribution < 1.29 is 32.8 Å². The number of H-pyrrole nitrogens is 1. The van der Waals surface area contributed by atoms with Crippen molar-refractivity contribution in [2.45, 2.75) is 43.9 Å². The summed E-state index contributed by atoms with van der Waals surface area (Å²) in [5.41, 5.74) is 1.89. The Morgan fingerprint density at radius 3 is 2.66 bits per heavy atom. The first-order chi connectivity index (χ1) is 18.4. The zero-order valence-corrected chi connectivity index (χ0v) is 20.7. The molecule has 4 atom stereocenters. The molecule has 2 fully saturated rings. The number of imidazole rings is 1. The lowest BCUT2D eigenvalue weighted by Gasteiger charge is -2.15. The monoisotopic (exact) mass is 544 g/mol. The molecule has 0 radical (unpaired) electrons. The summed E-state index contributed by atoms with van der Waals surface area (Å²) in [6.45, 7) is 0.545. The van der Waals surface area contributed by atoms with Crippen molar-refractivity contribution in [2.24, 2.45) is 0 Å². The Kier molecular flexibility index (Phi) is 6.83. The van der Waals surface area contributed by atoms with E-state index in [0.717, 1.165) is 12.1 Å². The third kappa shape index (κ3) is 5.02. The molecule has 0 aliphatic carbocycles. The molecule has 2 N–H and O–H groups in total. The molecule has 1 aromatic carbocycles. The summed E-state index contributed by atoms with van der Waals surface area (Å²) in [5, 5.41) is 10.2. The highest BCUT2D eigenvalue weighted by atomic mass is 35.5. The van der Waals surface area contributed by atoms with Crippen LogP contribution in [-0.2, 0) is 28.9 Å². The van der Waals surface area contributed by atoms with E-state index in [-0.39, 0.29) is 56.1 Å². The number of halogens is 3. The van der Waals surface area contributed by atoms with Crippen LogP contribution in [0.15, 0.2) is 42.6 Å². The first kappa shape index (κ1) is 24.9. The number of benzene rings is 1. The Balaban J connectivity index is 1.12. The summed E-state index contributed by atoms with van der Waals surface area (Å²) >= 11 is 6.41. The molecule has 0 amide bonds. The van der Waals surface area contributed by atoms with E-state index in [1.54, 1.807) is 30.5 Å². The minimum atomic E-state index is -0.718. The van der Waals surface area contributed by atoms with E-state index in [9.17, 15) is 13.9 Å². The first-order valence-electron chi connectivity index (χ1n) is 12.1. The second kappa shape index (κ2) is 10.4. The second-order valence-corrected chi connectivity index (χ2v) is 9.53. The normalized spacial score (nSPS) is 22.6. The molecule has 2 aliphatic heterocycles. The summed E-state index contributed by atoms with van der Waals surface area (Å²) in [6, 6.07) is 9.49. The highest BCUT2D eigenvalue weighted by molar-refractivity contribution is 6.31. The second-order valence-electron chi connectivity index (χ2n) is 9.12. The number of aliphatic hydroxyl groups excluding tert-OH is 1. The van der Waals surface area contributed by atoms with Crippen molar-refractivity contribution >= 4 is 22.8 Å². The average molecular weight is 545 g/mol. The predicted molar refractivity (Wildman–Crippen MR) is 131 cm³/mol. The van der Waals surface area contributed by atoms with Crippen molar-refractivity contribution in [3.8, 4) is 11.8 Å². The minimum absolute atomic E-state index is 0.0341. The van der Waals surface area contributed by atoms with E-state index in [1.807, 2.05) is 0 Å². The van der Waals surface area contributed by atoms with E-state index in [4.69, 9.17) is 30.5 Å². The van der Waals surface area contributed by atoms with Gasteiger partial charge in [0, 0.05) is 23.9 Å². The van der Waals surface area contributed by atoms with Gasteiger partial charge in [0.15, 0.2) is 11.8 Å². The standard InChI is InChI=1S/C26H23ClF2N4O5/c27-16-9-20-25(33-26(32-20)38-22-12-37-23-21(34)11-36-24(22)23)31-19(16)5-4-15-17(28)7-14(8-18(15)29)35-10-13-3-1-2-6-30-13/h1-3,6-9,21-24,34H,4-5,10-12H2,(H,31,32,33)/t21-,22-,23-,24-/m1/s1. The van der Waals surface area contributed by atoms with Crippen molar-refractivity contribution in [1.29, 1.82) is 0 Å². The van der Waals surface area contributed by atoms with E-state index in [2.05, 4.69) is 19.9 Å². The molecule has 0 bridgehead atoms. The highest BCUT2D eigenvalue weighted by Crippen LogP contribution is 2.30. The third-order valence-electron chi connectivity index (χ3n) is 6.56. The van der Waals surface area contributed by atoms with Crippen LogP contribution in [0.3, 0.4) is 0 Å². The maximum absolute atomic E-state index is 14.7. The van der Waals surface area contributed by atoms with Gasteiger partial charge in [-0.2, -0.15) is 4.98 Å². The Morgan fingerprint density at radius 2 is 1.87 bits per heavy atom. The summed E-state index contributed by atoms with van der Waals surface area (Å²) in [6.07, 6.45) is -0.0932. The molecule has 2 aliphatic rings. The van der Waals surface area contributed by atoms with Crippen LogP contribution >= 0.6 is 11.6 Å². The van der Waals surface area contributed by atoms with Gasteiger partial charge in [-0.05, 0) is 31.0 Å². The number of hydrogen-bond donors (Lipinski definition) is 2. The minimum Gasteiger partial charge on any atom is -0.487 e. The number of aryl methyl sites for hydroxylation is 1. The van der Waals surface area contributed by atoms with Gasteiger partial charge in [0.25, 0.3) is 6.01 Å². The third-order valence-corrected chi connectivity index (χ3v) is 6.89. The van der Waals surface area contributed by atoms with E-state index in [0.29, 0.717) is 27.6 Å². The molecule has 9 nitrogen and oxygen atoms in total. The van der Waals surface area contributed by atoms with Gasteiger partial charge in [-0.3, -0.25) is 4.98 Å². The molecule has 2 saturated heterocycles. The molecule has 0 spiro atoms. The topological polar surface area (TPSA) is 112 Å². The van der Waals surface area contributed by atoms with Gasteiger partial charge in [0.05, 0.1) is 35.1 Å². The van der Waals surface area contributed by atoms with Crippen LogP contribution in [0.2, 0.25) is 5.02 Å². The lowest BCUT2D eigenvalue weighted by molar-refractivity contribution is 0.00706. The van der Waals surface area contributed by atoms with Crippen LogP contribution in [0.1, 0.15) is 17.0 Å². The lowest BCUT2D eigenvalue weighted by Crippen LogP contribution is -2.34. The van der Waals surface area contributed by atoms with Gasteiger partial charge >= 0.3 is 0 Å². The average Bonchev–Trinajstić information content (AvgIpc) is 3.59. The number of fused-ring (bicyclic) bond motifs is 2. The number of pyridine rings is 2. The molecule has 4 aromatic rings. The summed E-state index contributed by atoms with van der Waals surface area (Å²) in [5.74, 6) is -1.36. The van der Waals surface area contributed by atoms with Crippen LogP contribution in [0, 0.1) is 11.6 Å². The van der Waals surface area contributed by atoms with E-state index >= 15 is 0 Å². The molecule has 12 heteroatoms. The zero-order valence-electron chi connectivity index (χ0n) is 19.9. The molecule has 0 saturated carbocycles. The number of aromatic nitrogens is 4. The maximum atomic E-state index is 14.7. The van der Waals surface area contributed by atoms with Crippen LogP contribution in [-0.4, -0.2) is 62.7 Å². The summed E-state index contributed by atoms with van der Waals surface area (Å²) in [7, 11) is 0.